The second-order valence-corrected chi connectivity index (χ2v) is 10.9. The molecule has 4 rings (SSSR count). The number of hydrogen-bond donors (Lipinski definition) is 1. The van der Waals surface area contributed by atoms with Gasteiger partial charge in [0.1, 0.15) is 5.78 Å². The quantitative estimate of drug-likeness (QED) is 0.621. The first kappa shape index (κ1) is 18.5. The van der Waals surface area contributed by atoms with Gasteiger partial charge in [0.25, 0.3) is 0 Å². The molecule has 0 saturated heterocycles. The Bertz CT molecular complexity index is 530. The Labute approximate surface area is 161 Å². The van der Waals surface area contributed by atoms with Crippen LogP contribution >= 0.6 is 15.9 Å². The van der Waals surface area contributed by atoms with Crippen molar-refractivity contribution < 1.29 is 9.90 Å². The van der Waals surface area contributed by atoms with Crippen LogP contribution < -0.4 is 0 Å². The van der Waals surface area contributed by atoms with Crippen LogP contribution in [0.4, 0.5) is 0 Å². The van der Waals surface area contributed by atoms with Crippen LogP contribution in [-0.2, 0) is 4.79 Å². The van der Waals surface area contributed by atoms with E-state index in [1.165, 1.54) is 44.9 Å². The van der Waals surface area contributed by atoms with Crippen LogP contribution in [-0.4, -0.2) is 21.8 Å². The van der Waals surface area contributed by atoms with E-state index in [0.29, 0.717) is 11.1 Å². The molecule has 0 aromatic heterocycles. The number of halogens is 1. The van der Waals surface area contributed by atoms with Gasteiger partial charge in [-0.3, -0.25) is 4.79 Å². The van der Waals surface area contributed by atoms with E-state index < -0.39 is 5.60 Å². The molecule has 2 nitrogen and oxygen atoms in total. The van der Waals surface area contributed by atoms with Gasteiger partial charge >= 0.3 is 0 Å². The van der Waals surface area contributed by atoms with E-state index in [0.717, 1.165) is 48.9 Å². The van der Waals surface area contributed by atoms with Crippen molar-refractivity contribution in [3.05, 3.63) is 0 Å². The van der Waals surface area contributed by atoms with Gasteiger partial charge in [0.15, 0.2) is 0 Å². The number of carbonyl (C=O) groups excluding carboxylic acids is 1. The number of hydrogen-bond acceptors (Lipinski definition) is 2. The summed E-state index contributed by atoms with van der Waals surface area (Å²) < 4.78 is 0. The Morgan fingerprint density at radius 2 is 1.76 bits per heavy atom. The van der Waals surface area contributed by atoms with Gasteiger partial charge in [-0.2, -0.15) is 0 Å². The predicted molar refractivity (Wildman–Crippen MR) is 105 cm³/mol. The molecule has 4 aliphatic carbocycles. The number of Topliss-reactive ketones (excluding diaryl/α,β-unsaturated/α-hetero) is 1. The topological polar surface area (TPSA) is 37.3 Å². The highest BCUT2D eigenvalue weighted by atomic mass is 79.9. The Hall–Kier alpha value is 0.110. The highest BCUT2D eigenvalue weighted by molar-refractivity contribution is 9.09. The van der Waals surface area contributed by atoms with Gasteiger partial charge in [-0.05, 0) is 99.7 Å². The molecular weight excluding hydrogens is 376 g/mol. The second-order valence-electron chi connectivity index (χ2n) is 10.3. The van der Waals surface area contributed by atoms with E-state index in [1.54, 1.807) is 0 Å². The summed E-state index contributed by atoms with van der Waals surface area (Å²) in [4.78, 5) is 12.6. The van der Waals surface area contributed by atoms with E-state index in [-0.39, 0.29) is 11.3 Å². The van der Waals surface area contributed by atoms with Crippen molar-refractivity contribution in [3.8, 4) is 0 Å². The van der Waals surface area contributed by atoms with Crippen LogP contribution in [0.25, 0.3) is 0 Å². The number of carbonyl (C=O) groups is 1. The summed E-state index contributed by atoms with van der Waals surface area (Å²) in [5.41, 5.74) is -0.174. The Kier molecular flexibility index (Phi) is 4.89. The minimum absolute atomic E-state index is 0.247. The molecule has 4 aliphatic rings. The molecule has 0 amide bonds. The van der Waals surface area contributed by atoms with E-state index >= 15 is 0 Å². The third kappa shape index (κ3) is 3.06. The highest BCUT2D eigenvalue weighted by Crippen LogP contribution is 2.63. The van der Waals surface area contributed by atoms with Gasteiger partial charge in [-0.25, -0.2) is 0 Å². The molecule has 0 heterocycles. The first-order valence-corrected chi connectivity index (χ1v) is 11.8. The third-order valence-corrected chi connectivity index (χ3v) is 9.55. The minimum atomic E-state index is -0.421. The molecule has 0 aromatic carbocycles. The molecule has 0 aromatic rings. The fourth-order valence-electron chi connectivity index (χ4n) is 7.90. The minimum Gasteiger partial charge on any atom is -0.390 e. The van der Waals surface area contributed by atoms with Crippen LogP contribution in [0.3, 0.4) is 0 Å². The van der Waals surface area contributed by atoms with Crippen LogP contribution in [0.2, 0.25) is 0 Å². The van der Waals surface area contributed by atoms with E-state index in [2.05, 4.69) is 22.9 Å². The Balaban J connectivity index is 1.56. The zero-order chi connectivity index (χ0) is 17.8. The molecule has 142 valence electrons. The summed E-state index contributed by atoms with van der Waals surface area (Å²) in [6.45, 7) is 4.50. The van der Waals surface area contributed by atoms with Crippen molar-refractivity contribution in [2.24, 2.45) is 40.9 Å². The smallest absolute Gasteiger partial charge is 0.147 e. The summed E-state index contributed by atoms with van der Waals surface area (Å²) in [6, 6.07) is 0. The zero-order valence-corrected chi connectivity index (χ0v) is 17.6. The molecule has 0 aliphatic heterocycles. The molecule has 4 saturated carbocycles. The maximum atomic E-state index is 12.6. The molecule has 25 heavy (non-hydrogen) atoms. The van der Waals surface area contributed by atoms with Crippen LogP contribution in [0.1, 0.15) is 78.1 Å². The highest BCUT2D eigenvalue weighted by Gasteiger charge is 2.56. The molecule has 0 spiro atoms. The predicted octanol–water partition coefficient (Wildman–Crippen LogP) is 5.36. The molecular formula is C22H35BrO2. The number of ketones is 1. The molecule has 0 radical (unpaired) electrons. The number of rotatable bonds is 2. The summed E-state index contributed by atoms with van der Waals surface area (Å²) in [5.74, 6) is 4.80. The summed E-state index contributed by atoms with van der Waals surface area (Å²) in [5, 5.41) is 11.1. The monoisotopic (exact) mass is 410 g/mol. The lowest BCUT2D eigenvalue weighted by Crippen LogP contribution is -2.55. The van der Waals surface area contributed by atoms with Gasteiger partial charge < -0.3 is 5.11 Å². The van der Waals surface area contributed by atoms with E-state index in [4.69, 9.17) is 0 Å². The standard InChI is InChI=1S/C22H35BrO2/c1-21(25)10-8-15-14(12-21)6-7-17-16(15)9-11-22(2)18(17)4-3-5-19(22)20(24)13-23/h14-19,25H,3-13H2,1-2H3/t14-,15+,16-,17-,18+,19-,21-,22+/m1/s1. The summed E-state index contributed by atoms with van der Waals surface area (Å²) >= 11 is 3.44. The van der Waals surface area contributed by atoms with Crippen molar-refractivity contribution in [2.45, 2.75) is 83.7 Å². The molecule has 1 N–H and O–H groups in total. The van der Waals surface area contributed by atoms with Gasteiger partial charge in [0, 0.05) is 5.92 Å². The maximum absolute atomic E-state index is 12.6. The Morgan fingerprint density at radius 1 is 1.00 bits per heavy atom. The maximum Gasteiger partial charge on any atom is 0.147 e. The SMILES string of the molecule is C[C@@]1(O)CC[C@H]2[C@H](CC[C@@H]3[C@@H]2CC[C@]2(C)[C@@H](C(=O)CBr)CCC[C@@H]32)C1. The average Bonchev–Trinajstić information content (AvgIpc) is 2.58. The first-order valence-electron chi connectivity index (χ1n) is 10.7. The molecule has 8 atom stereocenters. The van der Waals surface area contributed by atoms with Crippen molar-refractivity contribution in [1.82, 2.24) is 0 Å². The third-order valence-electron chi connectivity index (χ3n) is 9.00. The number of fused-ring (bicyclic) bond motifs is 5. The van der Waals surface area contributed by atoms with Crippen LogP contribution in [0.5, 0.6) is 0 Å². The lowest BCUT2D eigenvalue weighted by Gasteiger charge is -2.60. The molecule has 4 fully saturated rings. The van der Waals surface area contributed by atoms with Gasteiger partial charge in [0.05, 0.1) is 10.9 Å². The summed E-state index contributed by atoms with van der Waals surface area (Å²) in [7, 11) is 0. The second kappa shape index (κ2) is 6.62. The van der Waals surface area contributed by atoms with Crippen LogP contribution in [0, 0.1) is 40.9 Å². The number of aliphatic hydroxyl groups is 1. The van der Waals surface area contributed by atoms with Gasteiger partial charge in [-0.15, -0.1) is 0 Å². The van der Waals surface area contributed by atoms with E-state index in [9.17, 15) is 9.90 Å². The fourth-order valence-corrected chi connectivity index (χ4v) is 8.29. The van der Waals surface area contributed by atoms with Crippen LogP contribution in [0.15, 0.2) is 0 Å². The van der Waals surface area contributed by atoms with Crippen molar-refractivity contribution >= 4 is 21.7 Å². The normalized spacial score (nSPS) is 52.6. The van der Waals surface area contributed by atoms with Crippen molar-refractivity contribution in [1.29, 1.82) is 0 Å². The molecule has 3 heteroatoms. The molecule has 0 bridgehead atoms. The number of alkyl halides is 1. The largest absolute Gasteiger partial charge is 0.390 e. The fraction of sp³-hybridized carbons (Fsp3) is 0.955. The zero-order valence-electron chi connectivity index (χ0n) is 16.0. The van der Waals surface area contributed by atoms with E-state index in [1.807, 2.05) is 6.92 Å². The molecule has 0 unspecified atom stereocenters. The lowest BCUT2D eigenvalue weighted by atomic mass is 9.44. The van der Waals surface area contributed by atoms with Crippen molar-refractivity contribution in [3.63, 3.8) is 0 Å². The van der Waals surface area contributed by atoms with Gasteiger partial charge in [-0.1, -0.05) is 29.3 Å². The van der Waals surface area contributed by atoms with Gasteiger partial charge in [0.2, 0.25) is 0 Å². The average molecular weight is 411 g/mol. The van der Waals surface area contributed by atoms with Crippen molar-refractivity contribution in [2.75, 3.05) is 5.33 Å². The first-order chi connectivity index (χ1) is 11.9. The summed E-state index contributed by atoms with van der Waals surface area (Å²) in [6.07, 6.45) is 12.2. The Morgan fingerprint density at radius 3 is 2.52 bits per heavy atom. The lowest BCUT2D eigenvalue weighted by molar-refractivity contribution is -0.146.